The Hall–Kier alpha value is -3.15. The molecule has 0 amide bonds. The van der Waals surface area contributed by atoms with Crippen molar-refractivity contribution in [1.82, 2.24) is 19.7 Å². The number of alkyl halides is 3. The van der Waals surface area contributed by atoms with Gasteiger partial charge in [-0.25, -0.2) is 18.1 Å². The predicted molar refractivity (Wildman–Crippen MR) is 113 cm³/mol. The Morgan fingerprint density at radius 1 is 1.19 bits per heavy atom. The number of hydrogen-bond acceptors (Lipinski definition) is 7. The normalized spacial score (nSPS) is 14.4. The second-order valence-electron chi connectivity index (χ2n) is 7.42. The lowest BCUT2D eigenvalue weighted by Gasteiger charge is -2.13. The molecular formula is C20H21F3N6O2S. The van der Waals surface area contributed by atoms with E-state index in [1.807, 2.05) is 0 Å². The lowest BCUT2D eigenvalue weighted by Crippen LogP contribution is -2.14. The molecule has 1 aliphatic rings. The maximum absolute atomic E-state index is 13.1. The molecule has 0 saturated heterocycles. The molecule has 2 heterocycles. The number of nitrogens with zero attached hydrogens (tertiary/aromatic N) is 4. The average Bonchev–Trinajstić information content (AvgIpc) is 3.53. The number of anilines is 3. The Balaban J connectivity index is 1.57. The summed E-state index contributed by atoms with van der Waals surface area (Å²) in [6, 6.07) is 6.41. The lowest BCUT2D eigenvalue weighted by molar-refractivity contribution is -0.137. The van der Waals surface area contributed by atoms with Crippen LogP contribution in [0.5, 0.6) is 0 Å². The smallest absolute Gasteiger partial charge is 0.370 e. The van der Waals surface area contributed by atoms with E-state index in [1.54, 1.807) is 49.0 Å². The molecule has 32 heavy (non-hydrogen) atoms. The summed E-state index contributed by atoms with van der Waals surface area (Å²) in [5.74, 6) is -0.322. The van der Waals surface area contributed by atoms with Crippen LogP contribution in [-0.2, 0) is 16.0 Å². The molecule has 170 valence electrons. The molecule has 0 atom stereocenters. The highest BCUT2D eigenvalue weighted by atomic mass is 32.2. The van der Waals surface area contributed by atoms with E-state index in [9.17, 15) is 21.6 Å². The molecule has 0 bridgehead atoms. The topological polar surface area (TPSA) is 102 Å². The van der Waals surface area contributed by atoms with Crippen LogP contribution in [0.3, 0.4) is 0 Å². The van der Waals surface area contributed by atoms with Gasteiger partial charge in [0.2, 0.25) is 5.95 Å². The largest absolute Gasteiger partial charge is 0.421 e. The molecule has 2 N–H and O–H groups in total. The maximum Gasteiger partial charge on any atom is 0.421 e. The molecule has 0 unspecified atom stereocenters. The van der Waals surface area contributed by atoms with E-state index in [0.717, 1.165) is 6.20 Å². The molecule has 3 aromatic rings. The van der Waals surface area contributed by atoms with Crippen LogP contribution in [0.2, 0.25) is 0 Å². The van der Waals surface area contributed by atoms with Crippen LogP contribution in [0.25, 0.3) is 5.69 Å². The summed E-state index contributed by atoms with van der Waals surface area (Å²) in [6.07, 6.45) is -0.826. The quantitative estimate of drug-likeness (QED) is 0.541. The average molecular weight is 466 g/mol. The van der Waals surface area contributed by atoms with Gasteiger partial charge in [-0.3, -0.25) is 0 Å². The van der Waals surface area contributed by atoms with Gasteiger partial charge in [0.15, 0.2) is 9.84 Å². The van der Waals surface area contributed by atoms with Crippen molar-refractivity contribution in [2.75, 3.05) is 17.2 Å². The summed E-state index contributed by atoms with van der Waals surface area (Å²) in [4.78, 5) is 8.01. The Bertz CT molecular complexity index is 1240. The van der Waals surface area contributed by atoms with Crippen LogP contribution >= 0.6 is 0 Å². The number of sulfone groups is 1. The molecule has 1 aliphatic carbocycles. The number of rotatable bonds is 7. The summed E-state index contributed by atoms with van der Waals surface area (Å²) >= 11 is 0. The molecule has 12 heteroatoms. The minimum absolute atomic E-state index is 0.0116. The van der Waals surface area contributed by atoms with Crippen LogP contribution in [0.4, 0.5) is 30.6 Å². The van der Waals surface area contributed by atoms with Crippen LogP contribution < -0.4 is 10.6 Å². The van der Waals surface area contributed by atoms with Crippen molar-refractivity contribution in [1.29, 1.82) is 0 Å². The first kappa shape index (κ1) is 22.1. The first-order chi connectivity index (χ1) is 15.1. The third-order valence-electron chi connectivity index (χ3n) is 4.98. The second-order valence-corrected chi connectivity index (χ2v) is 9.65. The summed E-state index contributed by atoms with van der Waals surface area (Å²) in [5, 5.41) is 9.59. The maximum atomic E-state index is 13.1. The van der Waals surface area contributed by atoms with Crippen LogP contribution in [-0.4, -0.2) is 40.0 Å². The Kier molecular flexibility index (Phi) is 5.57. The standard InChI is InChI=1S/C20H21F3N6O2S/c1-3-24-18-16(20(21,22)23)10-25-19(27-18)26-17-11-29(28-12(17)2)13-4-6-14(7-5-13)32(30,31)15-8-9-15/h4-7,10-11,15H,3,8-9H2,1-2H3,(H2,24,25,26,27). The fraction of sp³-hybridized carbons (Fsp3) is 0.350. The van der Waals surface area contributed by atoms with Crippen molar-refractivity contribution in [3.05, 3.63) is 47.9 Å². The first-order valence-corrected chi connectivity index (χ1v) is 11.5. The summed E-state index contributed by atoms with van der Waals surface area (Å²) in [6.45, 7) is 3.66. The number of aromatic nitrogens is 4. The Labute approximate surface area is 182 Å². The molecule has 1 aromatic carbocycles. The van der Waals surface area contributed by atoms with Gasteiger partial charge in [-0.2, -0.15) is 23.3 Å². The highest BCUT2D eigenvalue weighted by molar-refractivity contribution is 7.92. The molecule has 2 aromatic heterocycles. The summed E-state index contributed by atoms with van der Waals surface area (Å²) in [5.41, 5.74) is 0.756. The van der Waals surface area contributed by atoms with Crippen molar-refractivity contribution < 1.29 is 21.6 Å². The number of hydrogen-bond donors (Lipinski definition) is 2. The zero-order valence-electron chi connectivity index (χ0n) is 17.3. The van der Waals surface area contributed by atoms with E-state index in [2.05, 4.69) is 25.7 Å². The predicted octanol–water partition coefficient (Wildman–Crippen LogP) is 4.10. The van der Waals surface area contributed by atoms with Crippen molar-refractivity contribution in [3.8, 4) is 5.69 Å². The lowest BCUT2D eigenvalue weighted by atomic mass is 10.3. The third-order valence-corrected chi connectivity index (χ3v) is 7.26. The van der Waals surface area contributed by atoms with Crippen LogP contribution in [0.15, 0.2) is 41.6 Å². The number of aryl methyl sites for hydroxylation is 1. The molecular weight excluding hydrogens is 445 g/mol. The SMILES string of the molecule is CCNc1nc(Nc2cn(-c3ccc(S(=O)(=O)C4CC4)cc3)nc2C)ncc1C(F)(F)F. The van der Waals surface area contributed by atoms with E-state index in [1.165, 1.54) is 0 Å². The Morgan fingerprint density at radius 3 is 2.47 bits per heavy atom. The summed E-state index contributed by atoms with van der Waals surface area (Å²) < 4.78 is 65.7. The van der Waals surface area contributed by atoms with Crippen molar-refractivity contribution in [2.45, 2.75) is 43.0 Å². The second kappa shape index (κ2) is 8.08. The van der Waals surface area contributed by atoms with Gasteiger partial charge in [-0.15, -0.1) is 0 Å². The van der Waals surface area contributed by atoms with E-state index in [0.29, 0.717) is 29.9 Å². The van der Waals surface area contributed by atoms with Gasteiger partial charge in [0.1, 0.15) is 11.4 Å². The van der Waals surface area contributed by atoms with Crippen LogP contribution in [0.1, 0.15) is 31.0 Å². The van der Waals surface area contributed by atoms with Crippen LogP contribution in [0, 0.1) is 6.92 Å². The highest BCUT2D eigenvalue weighted by Gasteiger charge is 2.37. The highest BCUT2D eigenvalue weighted by Crippen LogP contribution is 2.35. The van der Waals surface area contributed by atoms with Crippen molar-refractivity contribution in [3.63, 3.8) is 0 Å². The Morgan fingerprint density at radius 2 is 1.88 bits per heavy atom. The van der Waals surface area contributed by atoms with Gasteiger partial charge in [0, 0.05) is 12.7 Å². The fourth-order valence-electron chi connectivity index (χ4n) is 3.15. The number of nitrogens with one attached hydrogen (secondary N) is 2. The third kappa shape index (κ3) is 4.40. The fourth-order valence-corrected chi connectivity index (χ4v) is 4.80. The number of halogens is 3. The minimum atomic E-state index is -4.57. The van der Waals surface area contributed by atoms with E-state index >= 15 is 0 Å². The molecule has 1 saturated carbocycles. The zero-order valence-corrected chi connectivity index (χ0v) is 18.1. The van der Waals surface area contributed by atoms with Gasteiger partial charge >= 0.3 is 6.18 Å². The minimum Gasteiger partial charge on any atom is -0.370 e. The monoisotopic (exact) mass is 466 g/mol. The van der Waals surface area contributed by atoms with Crippen molar-refractivity contribution >= 4 is 27.3 Å². The first-order valence-electron chi connectivity index (χ1n) is 9.95. The summed E-state index contributed by atoms with van der Waals surface area (Å²) in [7, 11) is -3.28. The number of benzene rings is 1. The van der Waals surface area contributed by atoms with Gasteiger partial charge in [-0.1, -0.05) is 0 Å². The molecule has 0 spiro atoms. The molecule has 0 radical (unpaired) electrons. The van der Waals surface area contributed by atoms with Gasteiger partial charge in [0.25, 0.3) is 0 Å². The molecule has 8 nitrogen and oxygen atoms in total. The molecule has 0 aliphatic heterocycles. The van der Waals surface area contributed by atoms with E-state index < -0.39 is 21.6 Å². The van der Waals surface area contributed by atoms with Gasteiger partial charge in [0.05, 0.1) is 33.4 Å². The zero-order chi connectivity index (χ0) is 23.1. The van der Waals surface area contributed by atoms with E-state index in [4.69, 9.17) is 0 Å². The van der Waals surface area contributed by atoms with Gasteiger partial charge < -0.3 is 10.6 Å². The molecule has 4 rings (SSSR count). The molecule has 1 fully saturated rings. The van der Waals surface area contributed by atoms with Gasteiger partial charge in [-0.05, 0) is 51.0 Å². The van der Waals surface area contributed by atoms with E-state index in [-0.39, 0.29) is 28.5 Å². The van der Waals surface area contributed by atoms with Crippen molar-refractivity contribution in [2.24, 2.45) is 0 Å².